The number of carbonyl (C=O) groups excluding carboxylic acids is 2. The Hall–Kier alpha value is -4.41. The molecule has 2 aromatic rings. The van der Waals surface area contributed by atoms with Crippen LogP contribution in [0.25, 0.3) is 10.9 Å². The number of ether oxygens (including phenoxy) is 8. The van der Waals surface area contributed by atoms with Crippen LogP contribution in [0.4, 0.5) is 0 Å². The number of aryl methyl sites for hydroxylation is 1. The van der Waals surface area contributed by atoms with Crippen molar-refractivity contribution < 1.29 is 82.6 Å². The molecule has 6 heterocycles. The number of hydrogen-bond acceptors (Lipinski definition) is 22. The first-order valence-electron chi connectivity index (χ1n) is 28.6. The summed E-state index contributed by atoms with van der Waals surface area (Å²) in [5.41, 5.74) is -4.31. The van der Waals surface area contributed by atoms with Gasteiger partial charge in [0, 0.05) is 83.3 Å². The molecule has 2 unspecified atom stereocenters. The summed E-state index contributed by atoms with van der Waals surface area (Å²) in [5, 5.41) is 68.7. The minimum Gasteiger partial charge on any atom is -0.477 e. The molecular formula is C57H88N6O18. The van der Waals surface area contributed by atoms with Gasteiger partial charge >= 0.3 is 17.9 Å². The summed E-state index contributed by atoms with van der Waals surface area (Å²) in [6, 6.07) is 4.99. The number of esters is 2. The maximum Gasteiger partial charge on any atom is 0.341 e. The Labute approximate surface area is 473 Å². The van der Waals surface area contributed by atoms with Gasteiger partial charge in [-0.05, 0) is 105 Å². The number of benzene rings is 1. The van der Waals surface area contributed by atoms with Gasteiger partial charge in [-0.2, -0.15) is 0 Å². The van der Waals surface area contributed by atoms with Crippen LogP contribution in [0.1, 0.15) is 102 Å². The fourth-order valence-corrected chi connectivity index (χ4v) is 12.9. The minimum atomic E-state index is -1.93. The highest BCUT2D eigenvalue weighted by molar-refractivity contribution is 5.93. The van der Waals surface area contributed by atoms with Gasteiger partial charge in [0.05, 0.1) is 66.3 Å². The lowest BCUT2D eigenvalue weighted by Gasteiger charge is -2.50. The Kier molecular flexibility index (Phi) is 20.0. The molecule has 6 N–H and O–H groups in total. The third-order valence-corrected chi connectivity index (χ3v) is 17.8. The first-order chi connectivity index (χ1) is 38.3. The summed E-state index contributed by atoms with van der Waals surface area (Å²) in [7, 11) is 8.75. The highest BCUT2D eigenvalue weighted by atomic mass is 16.7. The van der Waals surface area contributed by atoms with Crippen molar-refractivity contribution in [3.63, 3.8) is 0 Å². The average Bonchev–Trinajstić information content (AvgIpc) is 3.62. The molecule has 8 rings (SSSR count). The lowest BCUT2D eigenvalue weighted by molar-refractivity contribution is -0.325. The van der Waals surface area contributed by atoms with E-state index in [1.54, 1.807) is 77.5 Å². The number of methoxy groups -OCH3 is 1. The highest BCUT2D eigenvalue weighted by Crippen LogP contribution is 2.44. The van der Waals surface area contributed by atoms with E-state index in [1.807, 2.05) is 25.1 Å². The molecule has 24 heteroatoms. The number of rotatable bonds is 14. The number of aromatic nitrogens is 1. The van der Waals surface area contributed by atoms with Crippen LogP contribution in [0.5, 0.6) is 0 Å². The van der Waals surface area contributed by atoms with Gasteiger partial charge in [-0.25, -0.2) is 4.79 Å². The minimum absolute atomic E-state index is 0.0206. The second kappa shape index (κ2) is 25.8. The maximum absolute atomic E-state index is 14.6. The van der Waals surface area contributed by atoms with Crippen LogP contribution in [0, 0.1) is 17.8 Å². The molecule has 19 atom stereocenters. The van der Waals surface area contributed by atoms with Crippen molar-refractivity contribution in [1.29, 1.82) is 0 Å². The summed E-state index contributed by atoms with van der Waals surface area (Å²) in [6.45, 7) is 13.2. The molecule has 5 aliphatic heterocycles. The number of aromatic carboxylic acids is 1. The number of carbonyl (C=O) groups is 3. The first kappa shape index (κ1) is 62.6. The molecule has 1 aromatic heterocycles. The summed E-state index contributed by atoms with van der Waals surface area (Å²) >= 11 is 0. The van der Waals surface area contributed by atoms with Crippen LogP contribution in [0.3, 0.4) is 0 Å². The summed E-state index contributed by atoms with van der Waals surface area (Å²) in [5.74, 6) is -5.34. The van der Waals surface area contributed by atoms with E-state index in [-0.39, 0.29) is 50.0 Å². The van der Waals surface area contributed by atoms with E-state index < -0.39 is 131 Å². The van der Waals surface area contributed by atoms with Crippen LogP contribution < -0.4 is 15.8 Å². The van der Waals surface area contributed by atoms with Crippen LogP contribution >= 0.6 is 0 Å². The van der Waals surface area contributed by atoms with E-state index in [1.165, 1.54) is 13.3 Å². The second-order valence-corrected chi connectivity index (χ2v) is 24.2. The van der Waals surface area contributed by atoms with Crippen molar-refractivity contribution in [2.75, 3.05) is 86.2 Å². The number of nitrogens with zero attached hydrogens (tertiary/aromatic N) is 5. The number of morpholine rings is 1. The van der Waals surface area contributed by atoms with Crippen LogP contribution in [0.2, 0.25) is 0 Å². The third kappa shape index (κ3) is 13.6. The van der Waals surface area contributed by atoms with Crippen molar-refractivity contribution in [3.05, 3.63) is 45.7 Å². The molecule has 0 spiro atoms. The first-order valence-corrected chi connectivity index (χ1v) is 28.6. The zero-order valence-corrected chi connectivity index (χ0v) is 48.9. The van der Waals surface area contributed by atoms with Crippen molar-refractivity contribution >= 4 is 34.5 Å². The number of carboxylic acid groups (broad SMARTS) is 1. The topological polar surface area (TPSA) is 292 Å². The molecule has 1 aliphatic carbocycles. The molecule has 1 aromatic carbocycles. The predicted molar refractivity (Wildman–Crippen MR) is 294 cm³/mol. The number of pyridine rings is 1. The normalized spacial score (nSPS) is 39.4. The van der Waals surface area contributed by atoms with Crippen molar-refractivity contribution in [2.45, 2.75) is 183 Å². The molecule has 5 fully saturated rings. The Bertz CT molecular complexity index is 2620. The van der Waals surface area contributed by atoms with Gasteiger partial charge in [-0.15, -0.1) is 0 Å². The Balaban J connectivity index is 0.990. The average molecular weight is 1150 g/mol. The predicted octanol–water partition coefficient (Wildman–Crippen LogP) is 1.39. The number of nitrogens with one attached hydrogen (secondary N) is 1. The number of hydrogen-bond donors (Lipinski definition) is 6. The fourth-order valence-electron chi connectivity index (χ4n) is 12.9. The van der Waals surface area contributed by atoms with E-state index in [0.29, 0.717) is 69.5 Å². The number of likely N-dealkylation sites (N-methyl/N-ethyl adjacent to an activating group) is 1. The lowest BCUT2D eigenvalue weighted by atomic mass is 9.69. The fraction of sp³-hybridized carbons (Fsp3) is 0.772. The number of carboxylic acids is 1. The smallest absolute Gasteiger partial charge is 0.341 e. The standard InChI is InChI=1S/C57H88N6O18/c1-31-27-55(5,71)50-32(2)48(33(3)53(70)78-42-16-18-57(42,72)49(67)45(31)59-75-24-22-62-21-23-74-41(30-62)40-26-39(60(7)8)47(66)54(77-40)81-50)80-44-28-56(6,73-11)51(34(4)76-44)79-43(64)17-20-58-19-12-13-35-14-15-38-36(25-35)46(65)37(52(68)69)29-63(38)61(9)10/h14-15,25,29,31-34,39-42,44,47-51,54,58,66-67,71-72H,12-13,16-24,26-28,30H2,1-11H3,(H,68,69)/b59-45+/t31-,32+,33-,34+,39+,40+,41?,42-,44+,47-,48+,49-,50-,51+,54+,55-,56-,57-/m1/s1. The molecule has 81 heavy (non-hydrogen) atoms. The van der Waals surface area contributed by atoms with Gasteiger partial charge in [-0.1, -0.05) is 25.1 Å². The van der Waals surface area contributed by atoms with Gasteiger partial charge in [0.25, 0.3) is 0 Å². The Morgan fingerprint density at radius 1 is 0.963 bits per heavy atom. The third-order valence-electron chi connectivity index (χ3n) is 17.8. The van der Waals surface area contributed by atoms with E-state index in [9.17, 15) is 44.7 Å². The van der Waals surface area contributed by atoms with Crippen LogP contribution in [0.15, 0.2) is 34.3 Å². The van der Waals surface area contributed by atoms with Crippen molar-refractivity contribution in [1.82, 2.24) is 19.8 Å². The number of aliphatic hydroxyl groups is 4. The summed E-state index contributed by atoms with van der Waals surface area (Å²) in [4.78, 5) is 63.0. The number of fused-ring (bicyclic) bond motifs is 11. The molecule has 4 saturated heterocycles. The van der Waals surface area contributed by atoms with Gasteiger partial charge < -0.3 is 83.5 Å². The van der Waals surface area contributed by atoms with E-state index in [0.717, 1.165) is 5.56 Å². The molecule has 1 saturated carbocycles. The van der Waals surface area contributed by atoms with Crippen molar-refractivity contribution in [3.8, 4) is 0 Å². The van der Waals surface area contributed by atoms with Gasteiger partial charge in [0.1, 0.15) is 41.7 Å². The van der Waals surface area contributed by atoms with Gasteiger partial charge in [0.15, 0.2) is 18.7 Å². The number of oxime groups is 1. The monoisotopic (exact) mass is 1140 g/mol. The number of aliphatic hydroxyl groups excluding tert-OH is 2. The Morgan fingerprint density at radius 3 is 2.38 bits per heavy atom. The molecular weight excluding hydrogens is 1060 g/mol. The van der Waals surface area contributed by atoms with Gasteiger partial charge in [-0.3, -0.25) is 24.0 Å². The largest absolute Gasteiger partial charge is 0.477 e. The van der Waals surface area contributed by atoms with Crippen molar-refractivity contribution in [2.24, 2.45) is 22.9 Å². The Morgan fingerprint density at radius 2 is 1.70 bits per heavy atom. The molecule has 454 valence electrons. The highest BCUT2D eigenvalue weighted by Gasteiger charge is 2.59. The van der Waals surface area contributed by atoms with Crippen LogP contribution in [-0.4, -0.2) is 235 Å². The van der Waals surface area contributed by atoms with Crippen LogP contribution in [-0.2, 0) is 58.7 Å². The summed E-state index contributed by atoms with van der Waals surface area (Å²) in [6.07, 6.45) is -8.17. The van der Waals surface area contributed by atoms with E-state index in [4.69, 9.17) is 42.7 Å². The zero-order chi connectivity index (χ0) is 58.9. The van der Waals surface area contributed by atoms with E-state index >= 15 is 0 Å². The molecule has 0 amide bonds. The quantitative estimate of drug-likeness (QED) is 0.115. The summed E-state index contributed by atoms with van der Waals surface area (Å²) < 4.78 is 53.4. The molecule has 0 radical (unpaired) electrons. The van der Waals surface area contributed by atoms with E-state index in [2.05, 4.69) is 15.4 Å². The maximum atomic E-state index is 14.6. The molecule has 6 bridgehead atoms. The second-order valence-electron chi connectivity index (χ2n) is 24.2. The molecule has 6 aliphatic rings. The zero-order valence-electron chi connectivity index (χ0n) is 48.9. The van der Waals surface area contributed by atoms with Gasteiger partial charge in [0.2, 0.25) is 5.43 Å². The SMILES string of the molecule is CO[C@]1(C)C[C@H](O[C@H]2[C@H](C)[C@H]3O[C@@H]4O[C@@H](C[C@H](N(C)C)[C@H]4O)C4CN(CCO/N=C(\[C@H](C)C[C@@]3(C)O)[C@@H](O)[C@@]3(O)CC[C@H]3OC(=O)[C@@H]2C)CCO4)O[C@@H](C)[C@@H]1OC(=O)CCNCCCc1ccc2c(c1)c(=O)c(C(=O)O)cn2N(C)C. The molecule has 24 nitrogen and oxygen atoms in total. The lowest BCUT2D eigenvalue weighted by Crippen LogP contribution is -2.64.